The smallest absolute Gasteiger partial charge is 0.118 e. The van der Waals surface area contributed by atoms with E-state index in [0.29, 0.717) is 6.61 Å². The van der Waals surface area contributed by atoms with Crippen molar-refractivity contribution in [2.24, 2.45) is 11.3 Å². The molecule has 0 spiro atoms. The van der Waals surface area contributed by atoms with E-state index in [-0.39, 0.29) is 5.41 Å². The third kappa shape index (κ3) is 4.22. The van der Waals surface area contributed by atoms with Gasteiger partial charge in [0.05, 0.1) is 25.2 Å². The van der Waals surface area contributed by atoms with Crippen molar-refractivity contribution in [1.82, 2.24) is 0 Å². The van der Waals surface area contributed by atoms with Crippen LogP contribution in [0.5, 0.6) is 5.75 Å². The Morgan fingerprint density at radius 1 is 1.19 bits per heavy atom. The van der Waals surface area contributed by atoms with Gasteiger partial charge in [-0.1, -0.05) is 12.1 Å². The lowest BCUT2D eigenvalue weighted by atomic mass is 9.70. The zero-order valence-corrected chi connectivity index (χ0v) is 13.1. The number of rotatable bonds is 6. The van der Waals surface area contributed by atoms with E-state index >= 15 is 0 Å². The van der Waals surface area contributed by atoms with Gasteiger partial charge in [0, 0.05) is 7.11 Å². The highest BCUT2D eigenvalue weighted by Gasteiger charge is 2.35. The van der Waals surface area contributed by atoms with Crippen molar-refractivity contribution in [2.45, 2.75) is 38.5 Å². The Morgan fingerprint density at radius 3 is 2.38 bits per heavy atom. The van der Waals surface area contributed by atoms with Crippen molar-refractivity contribution in [1.29, 1.82) is 5.26 Å². The van der Waals surface area contributed by atoms with E-state index in [1.807, 2.05) is 12.1 Å². The van der Waals surface area contributed by atoms with Crippen molar-refractivity contribution < 1.29 is 9.47 Å². The molecule has 0 N–H and O–H groups in total. The van der Waals surface area contributed by atoms with Crippen LogP contribution < -0.4 is 4.74 Å². The first-order chi connectivity index (χ1) is 10.2. The number of nitrogens with zero attached hydrogens (tertiary/aromatic N) is 1. The number of methoxy groups -OCH3 is 2. The monoisotopic (exact) mass is 287 g/mol. The standard InChI is InChI=1S/C18H25NO2/c1-20-14-18(13-19)11-9-16(10-12-18)4-3-15-5-7-17(21-2)8-6-15/h5-8,16H,3-4,9-12,14H2,1-2H3/t16-,18+. The fourth-order valence-electron chi connectivity index (χ4n) is 3.25. The van der Waals surface area contributed by atoms with Crippen molar-refractivity contribution in [3.8, 4) is 11.8 Å². The third-order valence-corrected chi connectivity index (χ3v) is 4.72. The summed E-state index contributed by atoms with van der Waals surface area (Å²) < 4.78 is 10.4. The van der Waals surface area contributed by atoms with Crippen LogP contribution in [0.4, 0.5) is 0 Å². The van der Waals surface area contributed by atoms with Crippen LogP contribution in [0.1, 0.15) is 37.7 Å². The average molecular weight is 287 g/mol. The maximum Gasteiger partial charge on any atom is 0.118 e. The maximum absolute atomic E-state index is 9.37. The van der Waals surface area contributed by atoms with E-state index in [0.717, 1.165) is 43.8 Å². The van der Waals surface area contributed by atoms with Gasteiger partial charge in [-0.05, 0) is 62.1 Å². The fourth-order valence-corrected chi connectivity index (χ4v) is 3.25. The van der Waals surface area contributed by atoms with E-state index in [4.69, 9.17) is 9.47 Å². The summed E-state index contributed by atoms with van der Waals surface area (Å²) in [6, 6.07) is 10.8. The van der Waals surface area contributed by atoms with Gasteiger partial charge in [-0.15, -0.1) is 0 Å². The van der Waals surface area contributed by atoms with Gasteiger partial charge in [0.1, 0.15) is 5.75 Å². The molecule has 0 heterocycles. The molecular formula is C18H25NO2. The molecule has 0 bridgehead atoms. The van der Waals surface area contributed by atoms with Crippen LogP contribution in [-0.2, 0) is 11.2 Å². The normalized spacial score (nSPS) is 25.3. The first-order valence-corrected chi connectivity index (χ1v) is 7.74. The number of ether oxygens (including phenoxy) is 2. The zero-order chi connectivity index (χ0) is 15.1. The molecule has 1 saturated carbocycles. The van der Waals surface area contributed by atoms with Crippen LogP contribution in [-0.4, -0.2) is 20.8 Å². The van der Waals surface area contributed by atoms with Crippen LogP contribution in [0.15, 0.2) is 24.3 Å². The fraction of sp³-hybridized carbons (Fsp3) is 0.611. The summed E-state index contributed by atoms with van der Waals surface area (Å²) in [4.78, 5) is 0. The summed E-state index contributed by atoms with van der Waals surface area (Å²) in [6.45, 7) is 0.578. The molecule has 1 aromatic carbocycles. The van der Waals surface area contributed by atoms with Crippen LogP contribution in [0.2, 0.25) is 0 Å². The summed E-state index contributed by atoms with van der Waals surface area (Å²) in [5.41, 5.74) is 1.13. The molecule has 0 aliphatic heterocycles. The predicted octanol–water partition coefficient (Wildman–Crippen LogP) is 3.97. The van der Waals surface area contributed by atoms with Gasteiger partial charge in [0.2, 0.25) is 0 Å². The summed E-state index contributed by atoms with van der Waals surface area (Å²) in [5, 5.41) is 9.37. The molecule has 1 aliphatic rings. The predicted molar refractivity (Wildman–Crippen MR) is 83.2 cm³/mol. The molecule has 0 radical (unpaired) electrons. The minimum Gasteiger partial charge on any atom is -0.497 e. The summed E-state index contributed by atoms with van der Waals surface area (Å²) in [6.07, 6.45) is 6.56. The largest absolute Gasteiger partial charge is 0.497 e. The molecular weight excluding hydrogens is 262 g/mol. The van der Waals surface area contributed by atoms with Gasteiger partial charge in [0.15, 0.2) is 0 Å². The topological polar surface area (TPSA) is 42.2 Å². The highest BCUT2D eigenvalue weighted by Crippen LogP contribution is 2.40. The van der Waals surface area contributed by atoms with E-state index in [9.17, 15) is 5.26 Å². The quantitative estimate of drug-likeness (QED) is 0.795. The molecule has 3 nitrogen and oxygen atoms in total. The summed E-state index contributed by atoms with van der Waals surface area (Å²) >= 11 is 0. The highest BCUT2D eigenvalue weighted by molar-refractivity contribution is 5.27. The second-order valence-electron chi connectivity index (χ2n) is 6.16. The number of hydrogen-bond acceptors (Lipinski definition) is 3. The lowest BCUT2D eigenvalue weighted by molar-refractivity contribution is 0.0742. The SMILES string of the molecule is COC[C@]1(C#N)CC[C@H](CCc2ccc(OC)cc2)CC1. The molecule has 1 fully saturated rings. The van der Waals surface area contributed by atoms with E-state index in [2.05, 4.69) is 18.2 Å². The molecule has 1 aliphatic carbocycles. The lowest BCUT2D eigenvalue weighted by Crippen LogP contribution is -2.30. The first-order valence-electron chi connectivity index (χ1n) is 7.74. The Hall–Kier alpha value is -1.53. The van der Waals surface area contributed by atoms with Crippen molar-refractivity contribution in [3.05, 3.63) is 29.8 Å². The van der Waals surface area contributed by atoms with E-state index in [1.54, 1.807) is 14.2 Å². The molecule has 21 heavy (non-hydrogen) atoms. The minimum absolute atomic E-state index is 0.231. The molecule has 0 unspecified atom stereocenters. The van der Waals surface area contributed by atoms with Crippen LogP contribution in [0.25, 0.3) is 0 Å². The second-order valence-corrected chi connectivity index (χ2v) is 6.16. The number of aryl methyl sites for hydroxylation is 1. The highest BCUT2D eigenvalue weighted by atomic mass is 16.5. The Labute approximate surface area is 127 Å². The molecule has 1 aromatic rings. The zero-order valence-electron chi connectivity index (χ0n) is 13.1. The molecule has 114 valence electrons. The average Bonchev–Trinajstić information content (AvgIpc) is 2.55. The van der Waals surface area contributed by atoms with Gasteiger partial charge < -0.3 is 9.47 Å². The van der Waals surface area contributed by atoms with Crippen LogP contribution in [0, 0.1) is 22.7 Å². The number of hydrogen-bond donors (Lipinski definition) is 0. The Balaban J connectivity index is 1.79. The van der Waals surface area contributed by atoms with Gasteiger partial charge in [0.25, 0.3) is 0 Å². The second kappa shape index (κ2) is 7.47. The van der Waals surface area contributed by atoms with Gasteiger partial charge in [-0.3, -0.25) is 0 Å². The Kier molecular flexibility index (Phi) is 5.64. The van der Waals surface area contributed by atoms with Crippen molar-refractivity contribution in [3.63, 3.8) is 0 Å². The van der Waals surface area contributed by atoms with Gasteiger partial charge >= 0.3 is 0 Å². The molecule has 0 saturated heterocycles. The number of benzene rings is 1. The van der Waals surface area contributed by atoms with Gasteiger partial charge in [-0.25, -0.2) is 0 Å². The van der Waals surface area contributed by atoms with Crippen LogP contribution >= 0.6 is 0 Å². The van der Waals surface area contributed by atoms with E-state index < -0.39 is 0 Å². The minimum atomic E-state index is -0.231. The van der Waals surface area contributed by atoms with Crippen LogP contribution in [0.3, 0.4) is 0 Å². The lowest BCUT2D eigenvalue weighted by Gasteiger charge is -2.34. The molecule has 0 aromatic heterocycles. The first kappa shape index (κ1) is 15.9. The Bertz CT molecular complexity index is 467. The third-order valence-electron chi connectivity index (χ3n) is 4.72. The molecule has 0 atom stereocenters. The number of nitriles is 1. The molecule has 2 rings (SSSR count). The molecule has 3 heteroatoms. The Morgan fingerprint density at radius 2 is 1.86 bits per heavy atom. The molecule has 0 amide bonds. The maximum atomic E-state index is 9.37. The summed E-state index contributed by atoms with van der Waals surface area (Å²) in [5.74, 6) is 1.65. The van der Waals surface area contributed by atoms with Crippen molar-refractivity contribution in [2.75, 3.05) is 20.8 Å². The summed E-state index contributed by atoms with van der Waals surface area (Å²) in [7, 11) is 3.38. The van der Waals surface area contributed by atoms with Crippen molar-refractivity contribution >= 4 is 0 Å². The van der Waals surface area contributed by atoms with E-state index in [1.165, 1.54) is 12.0 Å². The van der Waals surface area contributed by atoms with Gasteiger partial charge in [-0.2, -0.15) is 5.26 Å².